The van der Waals surface area contributed by atoms with Gasteiger partial charge in [0, 0.05) is 13.0 Å². The van der Waals surface area contributed by atoms with Crippen molar-refractivity contribution in [3.05, 3.63) is 33.3 Å². The van der Waals surface area contributed by atoms with Crippen molar-refractivity contribution < 1.29 is 9.45 Å². The minimum absolute atomic E-state index is 0.0567. The van der Waals surface area contributed by atoms with Gasteiger partial charge in [0.05, 0.1) is 4.92 Å². The predicted octanol–water partition coefficient (Wildman–Crippen LogP) is 1.38. The molecule has 0 aliphatic rings. The second-order valence-electron chi connectivity index (χ2n) is 3.54. The molecule has 19 heavy (non-hydrogen) atoms. The van der Waals surface area contributed by atoms with Crippen LogP contribution in [0, 0.1) is 17.0 Å². The first-order valence-electron chi connectivity index (χ1n) is 5.26. The SMILES string of the molecule is Cc1noc(CCNc2nc(Cl)ncc2[N+](=O)[O-])n1. The molecule has 2 rings (SSSR count). The van der Waals surface area contributed by atoms with Gasteiger partial charge in [-0.05, 0) is 18.5 Å². The lowest BCUT2D eigenvalue weighted by Crippen LogP contribution is -2.09. The number of aromatic nitrogens is 4. The lowest BCUT2D eigenvalue weighted by atomic mass is 10.4. The molecule has 0 fully saturated rings. The lowest BCUT2D eigenvalue weighted by Gasteiger charge is -2.04. The summed E-state index contributed by atoms with van der Waals surface area (Å²) in [6, 6.07) is 0. The molecule has 2 heterocycles. The fourth-order valence-corrected chi connectivity index (χ4v) is 1.48. The number of aryl methyl sites for hydroxylation is 1. The van der Waals surface area contributed by atoms with E-state index in [1.54, 1.807) is 6.92 Å². The molecule has 0 aromatic carbocycles. The quantitative estimate of drug-likeness (QED) is 0.497. The maximum absolute atomic E-state index is 10.8. The summed E-state index contributed by atoms with van der Waals surface area (Å²) in [5.41, 5.74) is -0.244. The number of anilines is 1. The van der Waals surface area contributed by atoms with Crippen LogP contribution in [0.15, 0.2) is 10.7 Å². The largest absolute Gasteiger partial charge is 0.364 e. The second kappa shape index (κ2) is 5.57. The van der Waals surface area contributed by atoms with Crippen LogP contribution in [0.25, 0.3) is 0 Å². The molecular formula is C9H9ClN6O3. The fourth-order valence-electron chi connectivity index (χ4n) is 1.35. The van der Waals surface area contributed by atoms with Gasteiger partial charge in [-0.1, -0.05) is 5.16 Å². The Morgan fingerprint density at radius 3 is 2.95 bits per heavy atom. The predicted molar refractivity (Wildman–Crippen MR) is 64.9 cm³/mol. The Hall–Kier alpha value is -2.29. The molecule has 0 unspecified atom stereocenters. The van der Waals surface area contributed by atoms with Crippen LogP contribution in [-0.2, 0) is 6.42 Å². The maximum Gasteiger partial charge on any atom is 0.329 e. The standard InChI is InChI=1S/C9H9ClN6O3/c1-5-13-7(19-15-5)2-3-11-8-6(16(17)18)4-12-9(10)14-8/h4H,2-3H2,1H3,(H,11,12,14). The molecule has 0 bridgehead atoms. The van der Waals surface area contributed by atoms with E-state index in [4.69, 9.17) is 16.1 Å². The van der Waals surface area contributed by atoms with Crippen LogP contribution in [0.3, 0.4) is 0 Å². The molecular weight excluding hydrogens is 276 g/mol. The average molecular weight is 285 g/mol. The van der Waals surface area contributed by atoms with Gasteiger partial charge in [-0.3, -0.25) is 10.1 Å². The summed E-state index contributed by atoms with van der Waals surface area (Å²) in [6.07, 6.45) is 1.47. The highest BCUT2D eigenvalue weighted by molar-refractivity contribution is 6.28. The van der Waals surface area contributed by atoms with Gasteiger partial charge >= 0.3 is 5.69 Å². The molecule has 0 aliphatic carbocycles. The first-order valence-corrected chi connectivity index (χ1v) is 5.64. The van der Waals surface area contributed by atoms with Crippen molar-refractivity contribution >= 4 is 23.1 Å². The van der Waals surface area contributed by atoms with E-state index in [2.05, 4.69) is 25.4 Å². The smallest absolute Gasteiger partial charge is 0.329 e. The molecule has 2 aromatic rings. The van der Waals surface area contributed by atoms with Gasteiger partial charge in [-0.15, -0.1) is 0 Å². The van der Waals surface area contributed by atoms with Crippen molar-refractivity contribution in [3.8, 4) is 0 Å². The van der Waals surface area contributed by atoms with Crippen LogP contribution in [0.5, 0.6) is 0 Å². The number of halogens is 1. The van der Waals surface area contributed by atoms with E-state index in [0.29, 0.717) is 24.7 Å². The third-order valence-corrected chi connectivity index (χ3v) is 2.32. The van der Waals surface area contributed by atoms with Crippen molar-refractivity contribution in [2.75, 3.05) is 11.9 Å². The van der Waals surface area contributed by atoms with Crippen LogP contribution in [0.4, 0.5) is 11.5 Å². The van der Waals surface area contributed by atoms with Crippen molar-refractivity contribution in [2.45, 2.75) is 13.3 Å². The molecule has 0 atom stereocenters. The van der Waals surface area contributed by atoms with Gasteiger partial charge in [0.1, 0.15) is 6.20 Å². The summed E-state index contributed by atoms with van der Waals surface area (Å²) in [5.74, 6) is 1.03. The number of nitrogens with zero attached hydrogens (tertiary/aromatic N) is 5. The average Bonchev–Trinajstić information content (AvgIpc) is 2.75. The minimum Gasteiger partial charge on any atom is -0.364 e. The summed E-state index contributed by atoms with van der Waals surface area (Å²) >= 11 is 5.60. The summed E-state index contributed by atoms with van der Waals surface area (Å²) in [4.78, 5) is 21.5. The lowest BCUT2D eigenvalue weighted by molar-refractivity contribution is -0.384. The van der Waals surface area contributed by atoms with Gasteiger partial charge in [0.2, 0.25) is 17.0 Å². The number of nitro groups is 1. The third-order valence-electron chi connectivity index (χ3n) is 2.14. The van der Waals surface area contributed by atoms with E-state index >= 15 is 0 Å². The molecule has 0 saturated carbocycles. The van der Waals surface area contributed by atoms with E-state index in [1.807, 2.05) is 0 Å². The van der Waals surface area contributed by atoms with Crippen LogP contribution in [-0.4, -0.2) is 31.6 Å². The highest BCUT2D eigenvalue weighted by Gasteiger charge is 2.16. The van der Waals surface area contributed by atoms with Crippen molar-refractivity contribution in [1.29, 1.82) is 0 Å². The maximum atomic E-state index is 10.8. The molecule has 10 heteroatoms. The zero-order valence-electron chi connectivity index (χ0n) is 9.83. The number of nitrogens with one attached hydrogen (secondary N) is 1. The molecule has 0 saturated heterocycles. The zero-order chi connectivity index (χ0) is 13.8. The second-order valence-corrected chi connectivity index (χ2v) is 3.88. The van der Waals surface area contributed by atoms with Crippen LogP contribution >= 0.6 is 11.6 Å². The summed E-state index contributed by atoms with van der Waals surface area (Å²) in [6.45, 7) is 2.05. The van der Waals surface area contributed by atoms with Crippen molar-refractivity contribution in [1.82, 2.24) is 20.1 Å². The van der Waals surface area contributed by atoms with Gasteiger partial charge in [0.15, 0.2) is 5.82 Å². The van der Waals surface area contributed by atoms with E-state index < -0.39 is 4.92 Å². The van der Waals surface area contributed by atoms with Gasteiger partial charge < -0.3 is 9.84 Å². The Bertz CT molecular complexity index is 601. The normalized spacial score (nSPS) is 10.4. The number of rotatable bonds is 5. The molecule has 2 aromatic heterocycles. The number of hydrogen-bond donors (Lipinski definition) is 1. The summed E-state index contributed by atoms with van der Waals surface area (Å²) in [5, 5.41) is 17.1. The monoisotopic (exact) mass is 284 g/mol. The number of hydrogen-bond acceptors (Lipinski definition) is 8. The van der Waals surface area contributed by atoms with E-state index in [1.165, 1.54) is 0 Å². The first kappa shape index (κ1) is 13.1. The minimum atomic E-state index is -0.588. The fraction of sp³-hybridized carbons (Fsp3) is 0.333. The molecule has 100 valence electrons. The Balaban J connectivity index is 2.02. The van der Waals surface area contributed by atoms with Gasteiger partial charge in [-0.2, -0.15) is 9.97 Å². The first-order chi connectivity index (χ1) is 9.06. The zero-order valence-corrected chi connectivity index (χ0v) is 10.6. The van der Waals surface area contributed by atoms with E-state index in [0.717, 1.165) is 6.20 Å². The highest BCUT2D eigenvalue weighted by atomic mass is 35.5. The molecule has 1 N–H and O–H groups in total. The summed E-state index contributed by atoms with van der Waals surface area (Å²) < 4.78 is 4.91. The Morgan fingerprint density at radius 2 is 2.32 bits per heavy atom. The molecule has 0 radical (unpaired) electrons. The van der Waals surface area contributed by atoms with Crippen LogP contribution in [0.2, 0.25) is 5.28 Å². The Morgan fingerprint density at radius 1 is 1.53 bits per heavy atom. The van der Waals surface area contributed by atoms with Crippen molar-refractivity contribution in [2.24, 2.45) is 0 Å². The molecule has 0 spiro atoms. The summed E-state index contributed by atoms with van der Waals surface area (Å²) in [7, 11) is 0. The molecule has 0 amide bonds. The molecule has 9 nitrogen and oxygen atoms in total. The highest BCUT2D eigenvalue weighted by Crippen LogP contribution is 2.21. The van der Waals surface area contributed by atoms with Gasteiger partial charge in [-0.25, -0.2) is 4.98 Å². The molecule has 0 aliphatic heterocycles. The van der Waals surface area contributed by atoms with Crippen LogP contribution in [0.1, 0.15) is 11.7 Å². The van der Waals surface area contributed by atoms with Crippen LogP contribution < -0.4 is 5.32 Å². The Kier molecular flexibility index (Phi) is 3.85. The Labute approximate surface area is 112 Å². The van der Waals surface area contributed by atoms with Crippen molar-refractivity contribution in [3.63, 3.8) is 0 Å². The third kappa shape index (κ3) is 3.35. The van der Waals surface area contributed by atoms with E-state index in [-0.39, 0.29) is 16.8 Å². The van der Waals surface area contributed by atoms with Gasteiger partial charge in [0.25, 0.3) is 0 Å². The topological polar surface area (TPSA) is 120 Å². The van der Waals surface area contributed by atoms with E-state index in [9.17, 15) is 10.1 Å².